The van der Waals surface area contributed by atoms with Crippen LogP contribution in [0.4, 0.5) is 4.39 Å². The number of pyridine rings is 1. The Bertz CT molecular complexity index is 1480. The molecular formula is C27H27FN8O2. The number of hydrogen-bond donors (Lipinski definition) is 1. The van der Waals surface area contributed by atoms with Gasteiger partial charge in [-0.1, -0.05) is 48.4 Å². The fourth-order valence-corrected chi connectivity index (χ4v) is 5.28. The van der Waals surface area contributed by atoms with Crippen molar-refractivity contribution in [1.29, 1.82) is 0 Å². The molecule has 3 aromatic heterocycles. The molecule has 2 fully saturated rings. The topological polar surface area (TPSA) is 112 Å². The van der Waals surface area contributed by atoms with Gasteiger partial charge in [0, 0.05) is 37.9 Å². The van der Waals surface area contributed by atoms with Gasteiger partial charge < -0.3 is 14.8 Å². The highest BCUT2D eigenvalue weighted by atomic mass is 19.1. The maximum Gasteiger partial charge on any atom is 0.295 e. The van der Waals surface area contributed by atoms with Crippen LogP contribution in [0.25, 0.3) is 16.7 Å². The highest BCUT2D eigenvalue weighted by Crippen LogP contribution is 2.27. The standard InChI is InChI=1S/C27H27FN8O2/c28-21-17-30-26(36-11-10-31-33-36)23-22(21)20(16-29-23)24(37)27(38)35-14-12-34(13-15-35)25(18-6-2-1-3-7-18)32-19-8-4-5-9-19/h1-3,6-7,10-11,16-17,19,29H,4-5,8-9,12-15H2/b32-25+. The average molecular weight is 515 g/mol. The van der Waals surface area contributed by atoms with Crippen LogP contribution in [0, 0.1) is 5.82 Å². The van der Waals surface area contributed by atoms with Crippen molar-refractivity contribution in [3.63, 3.8) is 0 Å². The minimum atomic E-state index is -0.762. The lowest BCUT2D eigenvalue weighted by molar-refractivity contribution is -0.127. The molecule has 6 rings (SSSR count). The fourth-order valence-electron chi connectivity index (χ4n) is 5.28. The molecule has 0 spiro atoms. The summed E-state index contributed by atoms with van der Waals surface area (Å²) < 4.78 is 16.2. The molecule has 1 amide bonds. The van der Waals surface area contributed by atoms with Gasteiger partial charge >= 0.3 is 0 Å². The largest absolute Gasteiger partial charge is 0.357 e. The van der Waals surface area contributed by atoms with Gasteiger partial charge in [-0.05, 0) is 12.8 Å². The number of H-pyrrole nitrogens is 1. The van der Waals surface area contributed by atoms with Crippen molar-refractivity contribution in [3.8, 4) is 5.82 Å². The fraction of sp³-hybridized carbons (Fsp3) is 0.333. The Morgan fingerprint density at radius 1 is 1.03 bits per heavy atom. The number of amidine groups is 1. The number of amides is 1. The first kappa shape index (κ1) is 24.0. The van der Waals surface area contributed by atoms with Gasteiger partial charge in [0.25, 0.3) is 11.7 Å². The van der Waals surface area contributed by atoms with Gasteiger partial charge in [-0.2, -0.15) is 0 Å². The molecule has 2 aliphatic rings. The van der Waals surface area contributed by atoms with E-state index in [2.05, 4.69) is 37.3 Å². The predicted octanol–water partition coefficient (Wildman–Crippen LogP) is 3.00. The number of carbonyl (C=O) groups is 2. The van der Waals surface area contributed by atoms with Crippen LogP contribution < -0.4 is 0 Å². The SMILES string of the molecule is O=C(C(=O)N1CCN(/C(=N/C2CCCC2)c2ccccc2)CC1)c1c[nH]c2c(-n3ccnn3)ncc(F)c12. The third-order valence-electron chi connectivity index (χ3n) is 7.25. The minimum Gasteiger partial charge on any atom is -0.357 e. The van der Waals surface area contributed by atoms with Gasteiger partial charge in [0.1, 0.15) is 5.84 Å². The van der Waals surface area contributed by atoms with Crippen LogP contribution in [-0.4, -0.2) is 84.5 Å². The molecule has 1 N–H and O–H groups in total. The number of halogens is 1. The second-order valence-electron chi connectivity index (χ2n) is 9.60. The summed E-state index contributed by atoms with van der Waals surface area (Å²) in [4.78, 5) is 42.3. The molecule has 1 saturated heterocycles. The van der Waals surface area contributed by atoms with E-state index in [0.29, 0.717) is 32.2 Å². The monoisotopic (exact) mass is 514 g/mol. The summed E-state index contributed by atoms with van der Waals surface area (Å²) in [5, 5.41) is 7.65. The van der Waals surface area contributed by atoms with E-state index < -0.39 is 17.5 Å². The van der Waals surface area contributed by atoms with Crippen molar-refractivity contribution in [2.75, 3.05) is 26.2 Å². The van der Waals surface area contributed by atoms with E-state index >= 15 is 0 Å². The summed E-state index contributed by atoms with van der Waals surface area (Å²) in [5.41, 5.74) is 1.30. The first-order chi connectivity index (χ1) is 18.6. The Labute approximate surface area is 218 Å². The summed E-state index contributed by atoms with van der Waals surface area (Å²) in [6.07, 6.45) is 9.99. The van der Waals surface area contributed by atoms with E-state index in [1.807, 2.05) is 18.2 Å². The van der Waals surface area contributed by atoms with E-state index in [0.717, 1.165) is 30.4 Å². The lowest BCUT2D eigenvalue weighted by Gasteiger charge is -2.36. The minimum absolute atomic E-state index is 0.0116. The maximum absolute atomic E-state index is 14.8. The molecule has 0 bridgehead atoms. The normalized spacial score (nSPS) is 16.9. The van der Waals surface area contributed by atoms with Gasteiger partial charge in [-0.15, -0.1) is 5.10 Å². The Hall–Kier alpha value is -4.41. The molecule has 11 heteroatoms. The molecule has 0 radical (unpaired) electrons. The van der Waals surface area contributed by atoms with Crippen LogP contribution in [0.2, 0.25) is 0 Å². The zero-order chi connectivity index (χ0) is 26.1. The van der Waals surface area contributed by atoms with Crippen molar-refractivity contribution >= 4 is 28.4 Å². The number of carbonyl (C=O) groups excluding carboxylic acids is 2. The molecule has 10 nitrogen and oxygen atoms in total. The second kappa shape index (κ2) is 10.2. The number of nitrogens with one attached hydrogen (secondary N) is 1. The Balaban J connectivity index is 1.20. The zero-order valence-electron chi connectivity index (χ0n) is 20.8. The number of rotatable bonds is 5. The summed E-state index contributed by atoms with van der Waals surface area (Å²) in [7, 11) is 0. The number of aromatic amines is 1. The number of hydrogen-bond acceptors (Lipinski definition) is 6. The molecule has 194 valence electrons. The van der Waals surface area contributed by atoms with Gasteiger partial charge in [0.05, 0.1) is 41.1 Å². The van der Waals surface area contributed by atoms with Crippen molar-refractivity contribution in [2.24, 2.45) is 4.99 Å². The number of ketones is 1. The number of aromatic nitrogens is 5. The Kier molecular flexibility index (Phi) is 6.40. The molecule has 1 aliphatic carbocycles. The van der Waals surface area contributed by atoms with Crippen molar-refractivity contribution in [1.82, 2.24) is 34.8 Å². The van der Waals surface area contributed by atoms with Gasteiger partial charge in [0.2, 0.25) is 0 Å². The third-order valence-corrected chi connectivity index (χ3v) is 7.25. The van der Waals surface area contributed by atoms with Crippen molar-refractivity contribution in [3.05, 3.63) is 72.1 Å². The summed E-state index contributed by atoms with van der Waals surface area (Å²) in [6.45, 7) is 1.86. The molecule has 1 aromatic carbocycles. The van der Waals surface area contributed by atoms with Gasteiger partial charge in [-0.25, -0.2) is 14.1 Å². The molecule has 0 unspecified atom stereocenters. The lowest BCUT2D eigenvalue weighted by Crippen LogP contribution is -2.52. The molecular weight excluding hydrogens is 487 g/mol. The van der Waals surface area contributed by atoms with Crippen molar-refractivity contribution in [2.45, 2.75) is 31.7 Å². The van der Waals surface area contributed by atoms with E-state index in [1.54, 1.807) is 6.20 Å². The number of piperazine rings is 1. The predicted molar refractivity (Wildman–Crippen MR) is 139 cm³/mol. The van der Waals surface area contributed by atoms with Crippen molar-refractivity contribution < 1.29 is 14.0 Å². The van der Waals surface area contributed by atoms with E-state index in [9.17, 15) is 14.0 Å². The molecule has 4 heterocycles. The van der Waals surface area contributed by atoms with Crippen LogP contribution in [0.3, 0.4) is 0 Å². The van der Waals surface area contributed by atoms with Gasteiger partial charge in [0.15, 0.2) is 11.6 Å². The number of aliphatic imine (C=N–C) groups is 1. The first-order valence-electron chi connectivity index (χ1n) is 12.8. The zero-order valence-corrected chi connectivity index (χ0v) is 20.8. The Morgan fingerprint density at radius 3 is 2.47 bits per heavy atom. The Morgan fingerprint density at radius 2 is 1.76 bits per heavy atom. The van der Waals surface area contributed by atoms with Crippen LogP contribution in [0.5, 0.6) is 0 Å². The number of Topliss-reactive ketones (excluding diaryl/α,β-unsaturated/α-hetero) is 1. The van der Waals surface area contributed by atoms with Crippen LogP contribution in [-0.2, 0) is 4.79 Å². The third kappa shape index (κ3) is 4.44. The highest BCUT2D eigenvalue weighted by Gasteiger charge is 2.31. The van der Waals surface area contributed by atoms with Crippen LogP contribution >= 0.6 is 0 Å². The lowest BCUT2D eigenvalue weighted by atomic mass is 10.1. The maximum atomic E-state index is 14.8. The van der Waals surface area contributed by atoms with E-state index in [4.69, 9.17) is 4.99 Å². The molecule has 0 atom stereocenters. The second-order valence-corrected chi connectivity index (χ2v) is 9.60. The number of fused-ring (bicyclic) bond motifs is 1. The van der Waals surface area contributed by atoms with Crippen LogP contribution in [0.15, 0.2) is 60.1 Å². The van der Waals surface area contributed by atoms with E-state index in [1.165, 1.54) is 34.8 Å². The first-order valence-corrected chi connectivity index (χ1v) is 12.8. The van der Waals surface area contributed by atoms with E-state index in [-0.39, 0.29) is 22.3 Å². The smallest absolute Gasteiger partial charge is 0.295 e. The molecule has 4 aromatic rings. The highest BCUT2D eigenvalue weighted by molar-refractivity contribution is 6.45. The number of benzene rings is 1. The average Bonchev–Trinajstić information content (AvgIpc) is 3.75. The summed E-state index contributed by atoms with van der Waals surface area (Å²) in [6, 6.07) is 10.4. The summed E-state index contributed by atoms with van der Waals surface area (Å²) in [5.74, 6) is -0.876. The number of nitrogens with zero attached hydrogens (tertiary/aromatic N) is 7. The molecule has 1 aliphatic heterocycles. The molecule has 1 saturated carbocycles. The van der Waals surface area contributed by atoms with Gasteiger partial charge in [-0.3, -0.25) is 14.6 Å². The quantitative estimate of drug-likeness (QED) is 0.190. The molecule has 38 heavy (non-hydrogen) atoms. The van der Waals surface area contributed by atoms with Crippen LogP contribution in [0.1, 0.15) is 41.6 Å². The summed E-state index contributed by atoms with van der Waals surface area (Å²) >= 11 is 0.